The van der Waals surface area contributed by atoms with Crippen molar-refractivity contribution < 1.29 is 9.47 Å². The van der Waals surface area contributed by atoms with Gasteiger partial charge in [-0.2, -0.15) is 0 Å². The lowest BCUT2D eigenvalue weighted by molar-refractivity contribution is 0.0972. The summed E-state index contributed by atoms with van der Waals surface area (Å²) in [6.45, 7) is 5.09. The summed E-state index contributed by atoms with van der Waals surface area (Å²) >= 11 is 7.41. The Morgan fingerprint density at radius 3 is 2.71 bits per heavy atom. The van der Waals surface area contributed by atoms with Gasteiger partial charge in [0.1, 0.15) is 12.2 Å². The molecular formula is C18H25ClN6O2S. The number of rotatable bonds is 8. The summed E-state index contributed by atoms with van der Waals surface area (Å²) in [5, 5.41) is 9.42. The summed E-state index contributed by atoms with van der Waals surface area (Å²) in [5.41, 5.74) is 0.0663. The van der Waals surface area contributed by atoms with Crippen LogP contribution in [0.15, 0.2) is 12.4 Å². The maximum Gasteiger partial charge on any atom is 0.235 e. The minimum Gasteiger partial charge on any atom is -0.372 e. The molecule has 28 heavy (non-hydrogen) atoms. The van der Waals surface area contributed by atoms with Gasteiger partial charge in [0.05, 0.1) is 10.3 Å². The van der Waals surface area contributed by atoms with E-state index >= 15 is 0 Å². The Morgan fingerprint density at radius 2 is 2.11 bits per heavy atom. The van der Waals surface area contributed by atoms with Gasteiger partial charge >= 0.3 is 0 Å². The number of ether oxygens (including phenoxy) is 2. The molecule has 152 valence electrons. The molecule has 0 radical (unpaired) electrons. The van der Waals surface area contributed by atoms with Gasteiger partial charge in [-0.05, 0) is 51.5 Å². The van der Waals surface area contributed by atoms with Gasteiger partial charge in [-0.3, -0.25) is 9.29 Å². The third-order valence-corrected chi connectivity index (χ3v) is 6.44. The second-order valence-electron chi connectivity index (χ2n) is 7.56. The smallest absolute Gasteiger partial charge is 0.235 e. The average molecular weight is 425 g/mol. The SMILES string of the molecule is COC(c1ncc(Cl)cn1)C(C)SNc1nnc([C@@H]2CCCO2)n1C1(C)CC1. The maximum absolute atomic E-state index is 5.89. The van der Waals surface area contributed by atoms with Gasteiger partial charge in [0, 0.05) is 31.6 Å². The first-order chi connectivity index (χ1) is 13.5. The van der Waals surface area contributed by atoms with Crippen molar-refractivity contribution in [1.29, 1.82) is 0 Å². The number of halogens is 1. The van der Waals surface area contributed by atoms with Gasteiger partial charge in [-0.25, -0.2) is 9.97 Å². The van der Waals surface area contributed by atoms with E-state index in [0.29, 0.717) is 10.8 Å². The summed E-state index contributed by atoms with van der Waals surface area (Å²) in [6, 6.07) is 0. The number of nitrogens with one attached hydrogen (secondary N) is 1. The summed E-state index contributed by atoms with van der Waals surface area (Å²) in [6.07, 6.45) is 7.24. The van der Waals surface area contributed by atoms with Crippen molar-refractivity contribution in [1.82, 2.24) is 24.7 Å². The monoisotopic (exact) mass is 424 g/mol. The van der Waals surface area contributed by atoms with Gasteiger partial charge in [0.15, 0.2) is 11.6 Å². The minimum absolute atomic E-state index is 0.0366. The van der Waals surface area contributed by atoms with Crippen LogP contribution >= 0.6 is 23.5 Å². The number of anilines is 1. The van der Waals surface area contributed by atoms with E-state index in [0.717, 1.165) is 44.1 Å². The lowest BCUT2D eigenvalue weighted by atomic mass is 10.2. The van der Waals surface area contributed by atoms with E-state index in [1.165, 1.54) is 11.9 Å². The molecule has 1 aliphatic heterocycles. The molecule has 2 unspecified atom stereocenters. The first kappa shape index (κ1) is 19.9. The van der Waals surface area contributed by atoms with E-state index in [-0.39, 0.29) is 23.0 Å². The Labute approximate surface area is 173 Å². The van der Waals surface area contributed by atoms with Crippen molar-refractivity contribution in [3.8, 4) is 0 Å². The van der Waals surface area contributed by atoms with Crippen LogP contribution in [0, 0.1) is 0 Å². The molecule has 2 aromatic rings. The fourth-order valence-electron chi connectivity index (χ4n) is 3.47. The van der Waals surface area contributed by atoms with Crippen molar-refractivity contribution in [2.24, 2.45) is 0 Å². The van der Waals surface area contributed by atoms with Crippen LogP contribution < -0.4 is 4.72 Å². The molecule has 3 heterocycles. The predicted molar refractivity (Wildman–Crippen MR) is 108 cm³/mol. The number of nitrogens with zero attached hydrogens (tertiary/aromatic N) is 5. The number of hydrogen-bond donors (Lipinski definition) is 1. The first-order valence-electron chi connectivity index (χ1n) is 9.51. The fraction of sp³-hybridized carbons (Fsp3) is 0.667. The standard InChI is InChI=1S/C18H25ClN6O2S/c1-11(14(26-3)15-20-9-12(19)10-21-15)28-24-17-23-22-16(13-5-4-8-27-13)25(17)18(2)6-7-18/h9-11,13-14H,4-8H2,1-3H3,(H,23,24)/t11?,13-,14?/m0/s1. The van der Waals surface area contributed by atoms with Crippen molar-refractivity contribution in [3.63, 3.8) is 0 Å². The molecule has 1 saturated carbocycles. The van der Waals surface area contributed by atoms with E-state index in [1.54, 1.807) is 19.5 Å². The Balaban J connectivity index is 1.49. The van der Waals surface area contributed by atoms with Crippen molar-refractivity contribution in [2.75, 3.05) is 18.4 Å². The number of aromatic nitrogens is 5. The third-order valence-electron chi connectivity index (χ3n) is 5.33. The maximum atomic E-state index is 5.89. The molecule has 4 rings (SSSR count). The van der Waals surface area contributed by atoms with Crippen LogP contribution in [0.2, 0.25) is 5.02 Å². The van der Waals surface area contributed by atoms with Crippen LogP contribution in [0.4, 0.5) is 5.95 Å². The lowest BCUT2D eigenvalue weighted by Crippen LogP contribution is -2.22. The molecule has 2 fully saturated rings. The van der Waals surface area contributed by atoms with Gasteiger partial charge in [-0.15, -0.1) is 10.2 Å². The van der Waals surface area contributed by atoms with Crippen molar-refractivity contribution >= 4 is 29.5 Å². The Morgan fingerprint density at radius 1 is 1.36 bits per heavy atom. The number of hydrogen-bond acceptors (Lipinski definition) is 8. The molecular weight excluding hydrogens is 400 g/mol. The molecule has 0 bridgehead atoms. The minimum atomic E-state index is -0.278. The molecule has 1 aliphatic carbocycles. The second kappa shape index (κ2) is 8.14. The zero-order chi connectivity index (χ0) is 19.7. The van der Waals surface area contributed by atoms with Crippen LogP contribution in [-0.2, 0) is 15.0 Å². The van der Waals surface area contributed by atoms with Gasteiger partial charge in [0.2, 0.25) is 5.95 Å². The van der Waals surface area contributed by atoms with Crippen LogP contribution in [0.3, 0.4) is 0 Å². The highest BCUT2D eigenvalue weighted by molar-refractivity contribution is 8.01. The van der Waals surface area contributed by atoms with Crippen molar-refractivity contribution in [3.05, 3.63) is 29.1 Å². The van der Waals surface area contributed by atoms with Gasteiger partial charge in [0.25, 0.3) is 0 Å². The summed E-state index contributed by atoms with van der Waals surface area (Å²) in [5.74, 6) is 2.29. The molecule has 10 heteroatoms. The van der Waals surface area contributed by atoms with Crippen LogP contribution in [-0.4, -0.2) is 43.7 Å². The zero-order valence-electron chi connectivity index (χ0n) is 16.3. The average Bonchev–Trinajstić information content (AvgIpc) is 3.11. The zero-order valence-corrected chi connectivity index (χ0v) is 17.8. The largest absolute Gasteiger partial charge is 0.372 e. The number of methoxy groups -OCH3 is 1. The van der Waals surface area contributed by atoms with Crippen molar-refractivity contribution in [2.45, 2.75) is 62.5 Å². The Kier molecular flexibility index (Phi) is 5.78. The van der Waals surface area contributed by atoms with E-state index < -0.39 is 0 Å². The molecule has 2 aromatic heterocycles. The highest BCUT2D eigenvalue weighted by Gasteiger charge is 2.44. The molecule has 2 aliphatic rings. The quantitative estimate of drug-likeness (QED) is 0.638. The molecule has 8 nitrogen and oxygen atoms in total. The fourth-order valence-corrected chi connectivity index (χ4v) is 4.35. The molecule has 0 aromatic carbocycles. The molecule has 3 atom stereocenters. The Bertz CT molecular complexity index is 807. The Hall–Kier alpha value is -1.42. The van der Waals surface area contributed by atoms with E-state index in [1.807, 2.05) is 0 Å². The van der Waals surface area contributed by atoms with Crippen LogP contribution in [0.5, 0.6) is 0 Å². The topological polar surface area (TPSA) is 87.0 Å². The normalized spacial score (nSPS) is 22.8. The van der Waals surface area contributed by atoms with E-state index in [9.17, 15) is 0 Å². The highest BCUT2D eigenvalue weighted by Crippen LogP contribution is 2.47. The van der Waals surface area contributed by atoms with Crippen LogP contribution in [0.1, 0.15) is 63.4 Å². The molecule has 0 spiro atoms. The highest BCUT2D eigenvalue weighted by atomic mass is 35.5. The first-order valence-corrected chi connectivity index (χ1v) is 10.8. The second-order valence-corrected chi connectivity index (χ2v) is 9.18. The van der Waals surface area contributed by atoms with Crippen LogP contribution in [0.25, 0.3) is 0 Å². The molecule has 1 N–H and O–H groups in total. The van der Waals surface area contributed by atoms with Gasteiger partial charge < -0.3 is 9.47 Å². The molecule has 0 amide bonds. The molecule has 1 saturated heterocycles. The lowest BCUT2D eigenvalue weighted by Gasteiger charge is -2.23. The third kappa shape index (κ3) is 3.98. The predicted octanol–water partition coefficient (Wildman–Crippen LogP) is 3.92. The van der Waals surface area contributed by atoms with E-state index in [2.05, 4.69) is 43.3 Å². The van der Waals surface area contributed by atoms with Gasteiger partial charge in [-0.1, -0.05) is 11.6 Å². The summed E-state index contributed by atoms with van der Waals surface area (Å²) in [4.78, 5) is 8.58. The summed E-state index contributed by atoms with van der Waals surface area (Å²) in [7, 11) is 1.66. The summed E-state index contributed by atoms with van der Waals surface area (Å²) < 4.78 is 17.1. The van der Waals surface area contributed by atoms with E-state index in [4.69, 9.17) is 21.1 Å².